The van der Waals surface area contributed by atoms with Crippen LogP contribution in [0.4, 0.5) is 13.2 Å². The number of nitrogens with zero attached hydrogens (tertiary/aromatic N) is 1. The minimum atomic E-state index is -4.41. The number of rotatable bonds is 5. The van der Waals surface area contributed by atoms with Crippen molar-refractivity contribution in [3.8, 4) is 0 Å². The Balaban J connectivity index is 1.64. The molecule has 1 saturated carbocycles. The first-order chi connectivity index (χ1) is 14.5. The van der Waals surface area contributed by atoms with Crippen LogP contribution in [0.5, 0.6) is 0 Å². The Bertz CT molecular complexity index is 944. The molecule has 0 bridgehead atoms. The van der Waals surface area contributed by atoms with Gasteiger partial charge in [0.2, 0.25) is 0 Å². The molecule has 1 atom stereocenters. The number of halogens is 3. The molecule has 2 aromatic rings. The van der Waals surface area contributed by atoms with E-state index in [1.807, 2.05) is 39.8 Å². The van der Waals surface area contributed by atoms with Crippen LogP contribution in [0.3, 0.4) is 0 Å². The number of thioether (sulfide) groups is 1. The van der Waals surface area contributed by atoms with E-state index in [-0.39, 0.29) is 23.4 Å². The van der Waals surface area contributed by atoms with Crippen molar-refractivity contribution >= 4 is 23.3 Å². The zero-order valence-corrected chi connectivity index (χ0v) is 18.9. The van der Waals surface area contributed by atoms with Crippen molar-refractivity contribution in [3.05, 3.63) is 58.3 Å². The van der Waals surface area contributed by atoms with Crippen molar-refractivity contribution in [3.63, 3.8) is 0 Å². The van der Waals surface area contributed by atoms with E-state index in [1.54, 1.807) is 0 Å². The zero-order chi connectivity index (χ0) is 22.9. The Kier molecular flexibility index (Phi) is 6.94. The maximum absolute atomic E-state index is 13.0. The molecule has 0 spiro atoms. The minimum absolute atomic E-state index is 0.0409. The van der Waals surface area contributed by atoms with E-state index in [9.17, 15) is 22.8 Å². The number of hydrogen-bond acceptors (Lipinski definition) is 4. The molecule has 0 radical (unpaired) electrons. The highest BCUT2D eigenvalue weighted by atomic mass is 32.2. The van der Waals surface area contributed by atoms with Gasteiger partial charge in [0, 0.05) is 24.8 Å². The number of Topliss-reactive ketones (excluding diaryl/α,β-unsaturated/α-hetero) is 2. The summed E-state index contributed by atoms with van der Waals surface area (Å²) in [6.45, 7) is 7.86. The number of ketones is 2. The summed E-state index contributed by atoms with van der Waals surface area (Å²) in [4.78, 5) is 29.8. The summed E-state index contributed by atoms with van der Waals surface area (Å²) in [6, 6.07) is 6.39. The quantitative estimate of drug-likeness (QED) is 0.410. The van der Waals surface area contributed by atoms with Crippen LogP contribution in [0.25, 0.3) is 0 Å². The summed E-state index contributed by atoms with van der Waals surface area (Å²) in [5.41, 5.74) is 3.12. The molecule has 1 aliphatic rings. The largest absolute Gasteiger partial charge is 0.417 e. The van der Waals surface area contributed by atoms with Gasteiger partial charge in [0.05, 0.1) is 10.6 Å². The van der Waals surface area contributed by atoms with Gasteiger partial charge < -0.3 is 0 Å². The molecule has 1 unspecified atom stereocenters. The molecule has 1 aromatic carbocycles. The minimum Gasteiger partial charge on any atom is -0.299 e. The molecule has 0 N–H and O–H groups in total. The highest BCUT2D eigenvalue weighted by Gasteiger charge is 2.39. The van der Waals surface area contributed by atoms with Crippen molar-refractivity contribution < 1.29 is 22.8 Å². The van der Waals surface area contributed by atoms with Crippen LogP contribution in [0.15, 0.2) is 35.5 Å². The second-order valence-corrected chi connectivity index (χ2v) is 9.56. The third kappa shape index (κ3) is 5.37. The average molecular weight is 450 g/mol. The maximum Gasteiger partial charge on any atom is 0.417 e. The predicted octanol–water partition coefficient (Wildman–Crippen LogP) is 6.09. The topological polar surface area (TPSA) is 47.0 Å². The predicted molar refractivity (Wildman–Crippen MR) is 115 cm³/mol. The van der Waals surface area contributed by atoms with Crippen LogP contribution < -0.4 is 0 Å². The lowest BCUT2D eigenvalue weighted by molar-refractivity contribution is -0.138. The van der Waals surface area contributed by atoms with E-state index in [2.05, 4.69) is 4.98 Å². The lowest BCUT2D eigenvalue weighted by atomic mass is 9.71. The van der Waals surface area contributed by atoms with Gasteiger partial charge in [-0.15, -0.1) is 11.8 Å². The Morgan fingerprint density at radius 1 is 1.06 bits per heavy atom. The Labute approximate surface area is 184 Å². The van der Waals surface area contributed by atoms with Crippen LogP contribution >= 0.6 is 11.8 Å². The summed E-state index contributed by atoms with van der Waals surface area (Å²) in [5, 5.41) is 0.497. The van der Waals surface area contributed by atoms with Gasteiger partial charge in [0.15, 0.2) is 0 Å². The number of hydrogen-bond donors (Lipinski definition) is 0. The third-order valence-electron chi connectivity index (χ3n) is 5.96. The Hall–Kier alpha value is -2.15. The summed E-state index contributed by atoms with van der Waals surface area (Å²) in [6.07, 6.45) is -2.90. The van der Waals surface area contributed by atoms with Crippen molar-refractivity contribution in [2.45, 2.75) is 57.7 Å². The molecule has 166 valence electrons. The fourth-order valence-electron chi connectivity index (χ4n) is 4.36. The van der Waals surface area contributed by atoms with Crippen LogP contribution in [0, 0.1) is 32.6 Å². The molecule has 1 heterocycles. The number of aryl methyl sites for hydroxylation is 3. The summed E-state index contributed by atoms with van der Waals surface area (Å²) >= 11 is 1.35. The molecule has 1 fully saturated rings. The van der Waals surface area contributed by atoms with Crippen molar-refractivity contribution in [1.82, 2.24) is 4.98 Å². The highest BCUT2D eigenvalue weighted by Crippen LogP contribution is 2.38. The van der Waals surface area contributed by atoms with Crippen LogP contribution in [-0.2, 0) is 15.8 Å². The summed E-state index contributed by atoms with van der Waals surface area (Å²) in [5.74, 6) is -0.195. The van der Waals surface area contributed by atoms with Crippen LogP contribution in [0.2, 0.25) is 0 Å². The average Bonchev–Trinajstić information content (AvgIpc) is 2.67. The molecule has 1 aliphatic carbocycles. The Morgan fingerprint density at radius 2 is 1.65 bits per heavy atom. The standard InChI is InChI=1S/C24H26F3NO2S/c1-13-7-14(2)22(15(3)8-13)23-19(29)9-17(10-20(23)30)16(4)12-31-21-6-5-18(11-28-21)24(25,26)27/h5-8,11,16-17,23H,9-10,12H2,1-4H3. The molecular weight excluding hydrogens is 423 g/mol. The molecule has 0 amide bonds. The molecule has 1 aromatic heterocycles. The summed E-state index contributed by atoms with van der Waals surface area (Å²) in [7, 11) is 0. The maximum atomic E-state index is 13.0. The SMILES string of the molecule is Cc1cc(C)c(C2C(=O)CC(C(C)CSc3ccc(C(F)(F)F)cn3)CC2=O)c(C)c1. The fraction of sp³-hybridized carbons (Fsp3) is 0.458. The lowest BCUT2D eigenvalue weighted by Gasteiger charge is -2.31. The van der Waals surface area contributed by atoms with Crippen LogP contribution in [-0.4, -0.2) is 22.3 Å². The van der Waals surface area contributed by atoms with Crippen LogP contribution in [0.1, 0.15) is 53.5 Å². The first-order valence-electron chi connectivity index (χ1n) is 10.3. The van der Waals surface area contributed by atoms with Gasteiger partial charge in [-0.05, 0) is 61.4 Å². The zero-order valence-electron chi connectivity index (χ0n) is 18.0. The van der Waals surface area contributed by atoms with E-state index in [0.717, 1.165) is 34.5 Å². The highest BCUT2D eigenvalue weighted by molar-refractivity contribution is 7.99. The number of benzene rings is 1. The van der Waals surface area contributed by atoms with Crippen molar-refractivity contribution in [2.75, 3.05) is 5.75 Å². The second kappa shape index (κ2) is 9.15. The van der Waals surface area contributed by atoms with E-state index >= 15 is 0 Å². The molecule has 7 heteroatoms. The van der Waals surface area contributed by atoms with Crippen molar-refractivity contribution in [2.24, 2.45) is 11.8 Å². The van der Waals surface area contributed by atoms with Gasteiger partial charge in [-0.25, -0.2) is 4.98 Å². The molecule has 3 nitrogen and oxygen atoms in total. The molecule has 0 saturated heterocycles. The van der Waals surface area contributed by atoms with Gasteiger partial charge in [0.25, 0.3) is 0 Å². The second-order valence-electron chi connectivity index (χ2n) is 8.52. The monoisotopic (exact) mass is 449 g/mol. The summed E-state index contributed by atoms with van der Waals surface area (Å²) < 4.78 is 38.0. The van der Waals surface area contributed by atoms with E-state index in [4.69, 9.17) is 0 Å². The number of alkyl halides is 3. The smallest absolute Gasteiger partial charge is 0.299 e. The van der Waals surface area contributed by atoms with E-state index in [1.165, 1.54) is 17.8 Å². The number of aromatic nitrogens is 1. The molecule has 31 heavy (non-hydrogen) atoms. The van der Waals surface area contributed by atoms with Gasteiger partial charge in [-0.3, -0.25) is 9.59 Å². The normalized spacial score (nSPS) is 20.7. The van der Waals surface area contributed by atoms with E-state index < -0.39 is 17.7 Å². The van der Waals surface area contributed by atoms with Crippen molar-refractivity contribution in [1.29, 1.82) is 0 Å². The fourth-order valence-corrected chi connectivity index (χ4v) is 5.36. The third-order valence-corrected chi connectivity index (χ3v) is 7.19. The lowest BCUT2D eigenvalue weighted by Crippen LogP contribution is -2.35. The van der Waals surface area contributed by atoms with Gasteiger partial charge >= 0.3 is 6.18 Å². The molecule has 0 aliphatic heterocycles. The molecule has 3 rings (SSSR count). The number of carbonyl (C=O) groups excluding carboxylic acids is 2. The first kappa shape index (κ1) is 23.5. The Morgan fingerprint density at radius 3 is 2.13 bits per heavy atom. The van der Waals surface area contributed by atoms with E-state index in [0.29, 0.717) is 23.6 Å². The van der Waals surface area contributed by atoms with Gasteiger partial charge in [-0.2, -0.15) is 13.2 Å². The number of carbonyl (C=O) groups is 2. The first-order valence-corrected chi connectivity index (χ1v) is 11.2. The number of pyridine rings is 1. The van der Waals surface area contributed by atoms with Gasteiger partial charge in [0.1, 0.15) is 17.5 Å². The van der Waals surface area contributed by atoms with Gasteiger partial charge in [-0.1, -0.05) is 24.6 Å². The molecular formula is C24H26F3NO2S.